The number of benzene rings is 1. The fourth-order valence-corrected chi connectivity index (χ4v) is 3.85. The minimum atomic E-state index is -1.32. The topological polar surface area (TPSA) is 81.5 Å². The molecular formula is C21H28N3NaO4S. The molecule has 0 radical (unpaired) electrons. The van der Waals surface area contributed by atoms with Crippen molar-refractivity contribution in [2.45, 2.75) is 39.9 Å². The standard InChI is InChI=1S/C21H27N3O4S.Na.H/c1-6-7-12-27-15(3)28-19-10-11-22-20(14(19)2)21-23-17-13-16(26-4)8-9-18(17)24(21)29(5)25;;/h8-11,13,15H,6-7,12H2,1-5H3;;. The molecule has 2 aromatic heterocycles. The molecular weight excluding hydrogens is 413 g/mol. The summed E-state index contributed by atoms with van der Waals surface area (Å²) in [5, 5.41) is 0. The molecule has 0 saturated carbocycles. The number of hydrogen-bond acceptors (Lipinski definition) is 6. The van der Waals surface area contributed by atoms with Gasteiger partial charge in [-0.3, -0.25) is 4.98 Å². The number of pyridine rings is 1. The SMILES string of the molecule is CCCCOC(C)Oc1ccnc(-c2nc3cc(OC)ccc3n2[S+](C)[O-])c1C.[NaH]. The van der Waals surface area contributed by atoms with Gasteiger partial charge >= 0.3 is 29.6 Å². The Morgan fingerprint density at radius 1 is 1.27 bits per heavy atom. The maximum atomic E-state index is 12.5. The van der Waals surface area contributed by atoms with Crippen molar-refractivity contribution in [2.24, 2.45) is 0 Å². The van der Waals surface area contributed by atoms with Gasteiger partial charge in [0.25, 0.3) is 0 Å². The van der Waals surface area contributed by atoms with Crippen LogP contribution in [0, 0.1) is 6.92 Å². The molecule has 0 bridgehead atoms. The van der Waals surface area contributed by atoms with E-state index in [1.807, 2.05) is 32.0 Å². The fourth-order valence-electron chi connectivity index (χ4n) is 3.05. The second kappa shape index (κ2) is 11.4. The molecule has 0 aliphatic rings. The van der Waals surface area contributed by atoms with Crippen molar-refractivity contribution in [1.82, 2.24) is 13.9 Å². The number of fused-ring (bicyclic) bond motifs is 1. The van der Waals surface area contributed by atoms with E-state index in [1.165, 1.54) is 0 Å². The van der Waals surface area contributed by atoms with Gasteiger partial charge in [-0.05, 0) is 38.5 Å². The molecule has 0 N–H and O–H groups in total. The third kappa shape index (κ3) is 5.49. The monoisotopic (exact) mass is 441 g/mol. The molecule has 3 aromatic rings. The molecule has 9 heteroatoms. The zero-order valence-corrected chi connectivity index (χ0v) is 18.3. The van der Waals surface area contributed by atoms with Crippen molar-refractivity contribution in [2.75, 3.05) is 20.0 Å². The summed E-state index contributed by atoms with van der Waals surface area (Å²) in [6.45, 7) is 6.56. The van der Waals surface area contributed by atoms with Gasteiger partial charge in [-0.25, -0.2) is 4.98 Å². The Hall–Kier alpha value is -1.29. The molecule has 2 heterocycles. The molecule has 1 aromatic carbocycles. The summed E-state index contributed by atoms with van der Waals surface area (Å²) in [4.78, 5) is 9.20. The Bertz CT molecular complexity index is 980. The van der Waals surface area contributed by atoms with Crippen molar-refractivity contribution in [3.63, 3.8) is 0 Å². The van der Waals surface area contributed by atoms with Gasteiger partial charge in [-0.2, -0.15) is 0 Å². The number of methoxy groups -OCH3 is 1. The van der Waals surface area contributed by atoms with E-state index < -0.39 is 11.4 Å². The van der Waals surface area contributed by atoms with Gasteiger partial charge in [0.2, 0.25) is 5.82 Å². The van der Waals surface area contributed by atoms with Crippen molar-refractivity contribution in [1.29, 1.82) is 0 Å². The first-order chi connectivity index (χ1) is 14.0. The summed E-state index contributed by atoms with van der Waals surface area (Å²) in [5.41, 5.74) is 2.88. The first-order valence-corrected chi connectivity index (χ1v) is 11.1. The van der Waals surface area contributed by atoms with Crippen molar-refractivity contribution < 1.29 is 18.8 Å². The molecule has 0 aliphatic carbocycles. The summed E-state index contributed by atoms with van der Waals surface area (Å²) >= 11 is -1.32. The zero-order chi connectivity index (χ0) is 21.0. The van der Waals surface area contributed by atoms with Gasteiger partial charge in [-0.1, -0.05) is 13.3 Å². The summed E-state index contributed by atoms with van der Waals surface area (Å²) < 4.78 is 31.1. The van der Waals surface area contributed by atoms with Gasteiger partial charge < -0.3 is 18.8 Å². The average Bonchev–Trinajstić information content (AvgIpc) is 3.08. The van der Waals surface area contributed by atoms with E-state index in [0.717, 1.165) is 23.9 Å². The summed E-state index contributed by atoms with van der Waals surface area (Å²) in [6, 6.07) is 7.30. The Kier molecular flexibility index (Phi) is 9.46. The maximum absolute atomic E-state index is 12.5. The third-order valence-corrected chi connectivity index (χ3v) is 5.47. The number of nitrogens with zero attached hydrogens (tertiary/aromatic N) is 3. The number of imidazole rings is 1. The number of unbranched alkanes of at least 4 members (excludes halogenated alkanes) is 1. The molecule has 2 atom stereocenters. The quantitative estimate of drug-likeness (QED) is 0.219. The van der Waals surface area contributed by atoms with Crippen LogP contribution in [0.1, 0.15) is 32.3 Å². The fraction of sp³-hybridized carbons (Fsp3) is 0.429. The Balaban J connectivity index is 0.00000320. The van der Waals surface area contributed by atoms with E-state index in [-0.39, 0.29) is 35.8 Å². The van der Waals surface area contributed by atoms with E-state index >= 15 is 0 Å². The van der Waals surface area contributed by atoms with Crippen LogP contribution in [0.2, 0.25) is 0 Å². The van der Waals surface area contributed by atoms with Crippen molar-refractivity contribution in [3.8, 4) is 23.0 Å². The van der Waals surface area contributed by atoms with E-state index in [1.54, 1.807) is 29.6 Å². The first-order valence-electron chi connectivity index (χ1n) is 9.60. The first kappa shape index (κ1) is 25.0. The number of rotatable bonds is 9. The molecule has 2 unspecified atom stereocenters. The van der Waals surface area contributed by atoms with Crippen LogP contribution in [-0.2, 0) is 16.1 Å². The van der Waals surface area contributed by atoms with Crippen LogP contribution in [0.25, 0.3) is 22.6 Å². The molecule has 0 amide bonds. The molecule has 30 heavy (non-hydrogen) atoms. The van der Waals surface area contributed by atoms with Gasteiger partial charge in [0.1, 0.15) is 29.0 Å². The van der Waals surface area contributed by atoms with Crippen LogP contribution >= 0.6 is 0 Å². The molecule has 3 rings (SSSR count). The second-order valence-corrected chi connectivity index (χ2v) is 7.91. The third-order valence-electron chi connectivity index (χ3n) is 4.59. The molecule has 0 saturated heterocycles. The Morgan fingerprint density at radius 3 is 2.70 bits per heavy atom. The Morgan fingerprint density at radius 2 is 2.03 bits per heavy atom. The van der Waals surface area contributed by atoms with Crippen LogP contribution < -0.4 is 9.47 Å². The summed E-state index contributed by atoms with van der Waals surface area (Å²) in [6.07, 6.45) is 4.97. The van der Waals surface area contributed by atoms with Gasteiger partial charge in [-0.15, -0.1) is 3.97 Å². The average molecular weight is 442 g/mol. The van der Waals surface area contributed by atoms with Gasteiger partial charge in [0.15, 0.2) is 6.29 Å². The van der Waals surface area contributed by atoms with E-state index in [9.17, 15) is 4.55 Å². The van der Waals surface area contributed by atoms with Crippen LogP contribution in [0.3, 0.4) is 0 Å². The zero-order valence-electron chi connectivity index (χ0n) is 17.5. The summed E-state index contributed by atoms with van der Waals surface area (Å²) in [5.74, 6) is 1.88. The number of aromatic nitrogens is 3. The van der Waals surface area contributed by atoms with E-state index in [4.69, 9.17) is 19.2 Å². The number of ether oxygens (including phenoxy) is 3. The van der Waals surface area contributed by atoms with Crippen molar-refractivity contribution >= 4 is 52.0 Å². The van der Waals surface area contributed by atoms with Crippen LogP contribution in [0.4, 0.5) is 0 Å². The van der Waals surface area contributed by atoms with Crippen LogP contribution in [0.15, 0.2) is 30.5 Å². The van der Waals surface area contributed by atoms with Crippen LogP contribution in [-0.4, -0.2) is 74.3 Å². The minimum absolute atomic E-state index is 0. The molecule has 0 spiro atoms. The predicted octanol–water partition coefficient (Wildman–Crippen LogP) is 3.45. The van der Waals surface area contributed by atoms with Gasteiger partial charge in [0.05, 0.1) is 30.6 Å². The molecule has 0 aliphatic heterocycles. The van der Waals surface area contributed by atoms with E-state index in [2.05, 4.69) is 11.9 Å². The van der Waals surface area contributed by atoms with Gasteiger partial charge in [0, 0.05) is 17.8 Å². The summed E-state index contributed by atoms with van der Waals surface area (Å²) in [7, 11) is 1.60. The second-order valence-electron chi connectivity index (χ2n) is 6.70. The van der Waals surface area contributed by atoms with Crippen LogP contribution in [0.5, 0.6) is 11.5 Å². The van der Waals surface area contributed by atoms with Crippen molar-refractivity contribution in [3.05, 3.63) is 36.0 Å². The molecule has 7 nitrogen and oxygen atoms in total. The Labute approximate surface area is 202 Å². The molecule has 0 fully saturated rings. The molecule has 158 valence electrons. The van der Waals surface area contributed by atoms with E-state index in [0.29, 0.717) is 35.1 Å². The number of hydrogen-bond donors (Lipinski definition) is 0. The predicted molar refractivity (Wildman–Crippen MR) is 122 cm³/mol. The normalized spacial score (nSPS) is 13.0.